The Kier molecular flexibility index (Phi) is 7.01. The molecule has 8 nitrogen and oxygen atoms in total. The van der Waals surface area contributed by atoms with Gasteiger partial charge in [-0.05, 0) is 23.1 Å². The molecule has 3 aromatic heterocycles. The molecule has 2 aromatic carbocycles. The van der Waals surface area contributed by atoms with Crippen LogP contribution >= 0.6 is 11.6 Å². The fourth-order valence-corrected chi connectivity index (χ4v) is 3.99. The highest BCUT2D eigenvalue weighted by atomic mass is 35.5. The van der Waals surface area contributed by atoms with Crippen molar-refractivity contribution in [2.24, 2.45) is 0 Å². The van der Waals surface area contributed by atoms with Crippen molar-refractivity contribution in [3.8, 4) is 0 Å². The predicted octanol–water partition coefficient (Wildman–Crippen LogP) is 5.03. The van der Waals surface area contributed by atoms with E-state index in [4.69, 9.17) is 16.3 Å². The fourth-order valence-electron chi connectivity index (χ4n) is 3.81. The standard InChI is InChI=1S/C26H21ClFN6O2/c27-25-19(6-3-7-22(25)28)13-30-20(11-24-32-15-21-14-29-8-9-34(21)24)16-36-26(35)33-23-10-17-4-1-2-5-18(17)12-31-23/h1-10,12,14-15,20H,11,13,16H2,(H,31,33,35)/t20-/m0/s1. The van der Waals surface area contributed by atoms with Gasteiger partial charge in [0.25, 0.3) is 0 Å². The lowest BCUT2D eigenvalue weighted by molar-refractivity contribution is 0.146. The van der Waals surface area contributed by atoms with E-state index in [1.165, 1.54) is 6.07 Å². The summed E-state index contributed by atoms with van der Waals surface area (Å²) in [5.41, 5.74) is 1.38. The van der Waals surface area contributed by atoms with Crippen LogP contribution in [0.25, 0.3) is 16.3 Å². The van der Waals surface area contributed by atoms with Crippen LogP contribution in [-0.2, 0) is 17.7 Å². The summed E-state index contributed by atoms with van der Waals surface area (Å²) in [6.45, 7) is 0.135. The van der Waals surface area contributed by atoms with Gasteiger partial charge in [-0.15, -0.1) is 0 Å². The monoisotopic (exact) mass is 503 g/mol. The molecule has 0 bridgehead atoms. The molecule has 3 heterocycles. The number of fused-ring (bicyclic) bond motifs is 2. The summed E-state index contributed by atoms with van der Waals surface area (Å²) in [6, 6.07) is 13.6. The van der Waals surface area contributed by atoms with Crippen molar-refractivity contribution < 1.29 is 13.9 Å². The molecule has 0 aliphatic rings. The molecule has 10 heteroatoms. The Morgan fingerprint density at radius 3 is 2.86 bits per heavy atom. The summed E-state index contributed by atoms with van der Waals surface area (Å²) in [5.74, 6) is 0.600. The zero-order chi connectivity index (χ0) is 24.9. The van der Waals surface area contributed by atoms with Gasteiger partial charge in [0.15, 0.2) is 0 Å². The van der Waals surface area contributed by atoms with Crippen molar-refractivity contribution in [2.45, 2.75) is 19.0 Å². The first-order valence-corrected chi connectivity index (χ1v) is 11.6. The van der Waals surface area contributed by atoms with E-state index in [-0.39, 0.29) is 18.2 Å². The van der Waals surface area contributed by atoms with E-state index in [2.05, 4.69) is 25.6 Å². The van der Waals surface area contributed by atoms with Gasteiger partial charge in [0.2, 0.25) is 0 Å². The summed E-state index contributed by atoms with van der Waals surface area (Å²) < 4.78 is 21.2. The summed E-state index contributed by atoms with van der Waals surface area (Å²) in [4.78, 5) is 25.3. The topological polar surface area (TPSA) is 95.5 Å². The van der Waals surface area contributed by atoms with Crippen molar-refractivity contribution >= 4 is 39.8 Å². The highest BCUT2D eigenvalue weighted by Crippen LogP contribution is 2.20. The molecule has 1 N–H and O–H groups in total. The van der Waals surface area contributed by atoms with Crippen LogP contribution < -0.4 is 10.6 Å². The molecule has 181 valence electrons. The maximum absolute atomic E-state index is 13.9. The summed E-state index contributed by atoms with van der Waals surface area (Å²) in [5, 5.41) is 9.25. The molecule has 0 saturated heterocycles. The van der Waals surface area contributed by atoms with Crippen LogP contribution in [-0.4, -0.2) is 38.1 Å². The number of ether oxygens (including phenoxy) is 1. The molecule has 0 fully saturated rings. The molecule has 0 spiro atoms. The smallest absolute Gasteiger partial charge is 0.412 e. The highest BCUT2D eigenvalue weighted by molar-refractivity contribution is 6.31. The Morgan fingerprint density at radius 2 is 1.97 bits per heavy atom. The Morgan fingerprint density at radius 1 is 1.11 bits per heavy atom. The van der Waals surface area contributed by atoms with Gasteiger partial charge in [0, 0.05) is 36.9 Å². The number of carbonyl (C=O) groups excluding carboxylic acids is 1. The summed E-state index contributed by atoms with van der Waals surface area (Å²) in [7, 11) is 0. The zero-order valence-electron chi connectivity index (χ0n) is 19.0. The number of anilines is 1. The third-order valence-corrected chi connectivity index (χ3v) is 6.07. The van der Waals surface area contributed by atoms with E-state index < -0.39 is 18.0 Å². The van der Waals surface area contributed by atoms with E-state index in [0.717, 1.165) is 22.1 Å². The zero-order valence-corrected chi connectivity index (χ0v) is 19.8. The van der Waals surface area contributed by atoms with Crippen LogP contribution in [0.4, 0.5) is 15.0 Å². The van der Waals surface area contributed by atoms with Gasteiger partial charge in [-0.1, -0.05) is 48.0 Å². The van der Waals surface area contributed by atoms with Crippen molar-refractivity contribution in [1.82, 2.24) is 24.7 Å². The summed E-state index contributed by atoms with van der Waals surface area (Å²) >= 11 is 6.10. The lowest BCUT2D eigenvalue weighted by atomic mass is 10.1. The van der Waals surface area contributed by atoms with Gasteiger partial charge in [0.1, 0.15) is 24.1 Å². The number of rotatable bonds is 8. The minimum Gasteiger partial charge on any atom is -0.448 e. The van der Waals surface area contributed by atoms with E-state index >= 15 is 0 Å². The summed E-state index contributed by atoms with van der Waals surface area (Å²) in [6.07, 6.45) is 8.29. The van der Waals surface area contributed by atoms with Gasteiger partial charge >= 0.3 is 6.09 Å². The number of aromatic nitrogens is 4. The first-order valence-electron chi connectivity index (χ1n) is 11.2. The van der Waals surface area contributed by atoms with Crippen LogP contribution in [0.15, 0.2) is 79.5 Å². The third kappa shape index (κ3) is 5.42. The number of hydrogen-bond acceptors (Lipinski definition) is 5. The molecule has 1 amide bonds. The van der Waals surface area contributed by atoms with Gasteiger partial charge in [0.05, 0.1) is 29.0 Å². The van der Waals surface area contributed by atoms with E-state index in [1.54, 1.807) is 49.2 Å². The van der Waals surface area contributed by atoms with Gasteiger partial charge < -0.3 is 9.14 Å². The van der Waals surface area contributed by atoms with Gasteiger partial charge in [-0.3, -0.25) is 10.3 Å². The second-order valence-corrected chi connectivity index (χ2v) is 8.48. The minimum absolute atomic E-state index is 0.0215. The molecule has 5 rings (SSSR count). The first kappa shape index (κ1) is 23.7. The molecule has 0 saturated carbocycles. The maximum Gasteiger partial charge on any atom is 0.412 e. The van der Waals surface area contributed by atoms with Gasteiger partial charge in [-0.2, -0.15) is 0 Å². The second-order valence-electron chi connectivity index (χ2n) is 8.10. The molecular formula is C26H21ClFN6O2. The average molecular weight is 504 g/mol. The second kappa shape index (κ2) is 10.7. The lowest BCUT2D eigenvalue weighted by Gasteiger charge is -2.17. The van der Waals surface area contributed by atoms with E-state index in [9.17, 15) is 9.18 Å². The molecule has 1 radical (unpaired) electrons. The minimum atomic E-state index is -0.654. The highest BCUT2D eigenvalue weighted by Gasteiger charge is 2.18. The molecule has 5 aromatic rings. The number of pyridine rings is 1. The van der Waals surface area contributed by atoms with Crippen molar-refractivity contribution in [2.75, 3.05) is 11.9 Å². The number of benzene rings is 2. The number of nitrogens with zero attached hydrogens (tertiary/aromatic N) is 5. The third-order valence-electron chi connectivity index (χ3n) is 5.65. The van der Waals surface area contributed by atoms with Crippen LogP contribution in [0.3, 0.4) is 0 Å². The number of amides is 1. The number of imidazole rings is 1. The Bertz CT molecular complexity index is 1530. The van der Waals surface area contributed by atoms with Crippen LogP contribution in [0, 0.1) is 5.82 Å². The predicted molar refractivity (Wildman–Crippen MR) is 134 cm³/mol. The molecule has 0 aliphatic carbocycles. The Hall–Kier alpha value is -4.08. The van der Waals surface area contributed by atoms with Crippen molar-refractivity contribution in [1.29, 1.82) is 0 Å². The van der Waals surface area contributed by atoms with E-state index in [1.807, 2.05) is 28.7 Å². The molecule has 1 atom stereocenters. The van der Waals surface area contributed by atoms with Crippen LogP contribution in [0.2, 0.25) is 5.02 Å². The van der Waals surface area contributed by atoms with E-state index in [0.29, 0.717) is 17.8 Å². The molecule has 0 unspecified atom stereocenters. The number of carbonyl (C=O) groups is 1. The van der Waals surface area contributed by atoms with Crippen molar-refractivity contribution in [3.63, 3.8) is 0 Å². The lowest BCUT2D eigenvalue weighted by Crippen LogP contribution is -2.32. The van der Waals surface area contributed by atoms with Crippen LogP contribution in [0.1, 0.15) is 11.4 Å². The van der Waals surface area contributed by atoms with Crippen molar-refractivity contribution in [3.05, 3.63) is 102 Å². The number of halogens is 2. The van der Waals surface area contributed by atoms with Crippen LogP contribution in [0.5, 0.6) is 0 Å². The fraction of sp³-hybridized carbons (Fsp3) is 0.154. The SMILES string of the molecule is O=C(Nc1cc2ccccc2cn1)OC[C@H](Cc1ncc2cnccn12)[N]Cc1cccc(F)c1Cl. The molecule has 0 aliphatic heterocycles. The first-order chi connectivity index (χ1) is 17.6. The average Bonchev–Trinajstić information content (AvgIpc) is 3.30. The van der Waals surface area contributed by atoms with Gasteiger partial charge in [-0.25, -0.2) is 24.5 Å². The number of nitrogens with one attached hydrogen (secondary N) is 1. The maximum atomic E-state index is 13.9. The Balaban J connectivity index is 1.28. The largest absolute Gasteiger partial charge is 0.448 e. The molecular weight excluding hydrogens is 483 g/mol. The molecule has 36 heavy (non-hydrogen) atoms. The normalized spacial score (nSPS) is 12.1. The quantitative estimate of drug-likeness (QED) is 0.320. The Labute approximate surface area is 211 Å². The number of hydrogen-bond donors (Lipinski definition) is 1.